The lowest BCUT2D eigenvalue weighted by Crippen LogP contribution is -2.26. The van der Waals surface area contributed by atoms with E-state index in [0.29, 0.717) is 6.61 Å². The third-order valence-corrected chi connectivity index (χ3v) is 4.68. The van der Waals surface area contributed by atoms with E-state index in [2.05, 4.69) is 26.3 Å². The van der Waals surface area contributed by atoms with E-state index in [1.54, 1.807) is 7.11 Å². The molecule has 1 aromatic heterocycles. The molecule has 0 amide bonds. The number of nitrogens with zero attached hydrogens (tertiary/aromatic N) is 4. The van der Waals surface area contributed by atoms with Gasteiger partial charge >= 0.3 is 0 Å². The van der Waals surface area contributed by atoms with Gasteiger partial charge in [0, 0.05) is 45.3 Å². The Morgan fingerprint density at radius 2 is 2.04 bits per heavy atom. The van der Waals surface area contributed by atoms with Crippen molar-refractivity contribution < 1.29 is 4.74 Å². The van der Waals surface area contributed by atoms with E-state index in [4.69, 9.17) is 4.74 Å². The number of hydrogen-bond acceptors (Lipinski definition) is 6. The summed E-state index contributed by atoms with van der Waals surface area (Å²) in [6.07, 6.45) is 1.80. The van der Waals surface area contributed by atoms with Gasteiger partial charge in [0.15, 0.2) is 0 Å². The molecule has 1 aromatic carbocycles. The van der Waals surface area contributed by atoms with Crippen LogP contribution in [0.1, 0.15) is 28.2 Å². The molecule has 0 fully saturated rings. The summed E-state index contributed by atoms with van der Waals surface area (Å²) in [6.45, 7) is 5.97. The first kappa shape index (κ1) is 18.3. The largest absolute Gasteiger partial charge is 0.383 e. The molecule has 2 aromatic rings. The highest BCUT2D eigenvalue weighted by Gasteiger charge is 2.20. The van der Waals surface area contributed by atoms with Crippen molar-refractivity contribution in [3.8, 4) is 6.07 Å². The van der Waals surface area contributed by atoms with Gasteiger partial charge in [-0.25, -0.2) is 9.97 Å². The summed E-state index contributed by atoms with van der Waals surface area (Å²) in [7, 11) is 1.70. The minimum atomic E-state index is 0.648. The number of rotatable bonds is 6. The number of benzene rings is 1. The number of hydrogen-bond donors (Lipinski definition) is 1. The summed E-state index contributed by atoms with van der Waals surface area (Å²) in [5, 5.41) is 12.7. The summed E-state index contributed by atoms with van der Waals surface area (Å²) in [5.74, 6) is 1.73. The number of anilines is 1. The van der Waals surface area contributed by atoms with Gasteiger partial charge in [-0.05, 0) is 25.0 Å². The molecule has 1 aliphatic rings. The minimum absolute atomic E-state index is 0.648. The standard InChI is InChI=1S/C20H25N5O/c1-15-23-19-8-11-25(14-17-6-4-3-5-16(17)13-21)10-7-18(19)20(24-15)22-9-12-26-2/h3-6H,7-12,14H2,1-2H3,(H,22,23,24). The van der Waals surface area contributed by atoms with Gasteiger partial charge in [0.05, 0.1) is 23.9 Å². The molecule has 0 saturated carbocycles. The first-order valence-electron chi connectivity index (χ1n) is 9.01. The van der Waals surface area contributed by atoms with Crippen LogP contribution >= 0.6 is 0 Å². The van der Waals surface area contributed by atoms with Crippen molar-refractivity contribution in [2.75, 3.05) is 38.7 Å². The summed E-state index contributed by atoms with van der Waals surface area (Å²) in [5.41, 5.74) is 4.18. The molecule has 0 atom stereocenters. The van der Waals surface area contributed by atoms with Crippen LogP contribution in [-0.2, 0) is 24.1 Å². The maximum absolute atomic E-state index is 9.31. The molecule has 0 aliphatic carbocycles. The van der Waals surface area contributed by atoms with Crippen LogP contribution in [0.5, 0.6) is 0 Å². The second kappa shape index (κ2) is 8.75. The van der Waals surface area contributed by atoms with E-state index in [-0.39, 0.29) is 0 Å². The zero-order chi connectivity index (χ0) is 18.4. The van der Waals surface area contributed by atoms with Crippen LogP contribution < -0.4 is 5.32 Å². The number of nitriles is 1. The number of aryl methyl sites for hydroxylation is 1. The van der Waals surface area contributed by atoms with Gasteiger partial charge in [0.1, 0.15) is 11.6 Å². The molecule has 1 N–H and O–H groups in total. The van der Waals surface area contributed by atoms with Gasteiger partial charge in [-0.2, -0.15) is 5.26 Å². The normalized spacial score (nSPS) is 14.3. The average molecular weight is 351 g/mol. The van der Waals surface area contributed by atoms with Crippen LogP contribution in [0, 0.1) is 18.3 Å². The van der Waals surface area contributed by atoms with E-state index in [9.17, 15) is 5.26 Å². The van der Waals surface area contributed by atoms with Crippen LogP contribution in [0.25, 0.3) is 0 Å². The van der Waals surface area contributed by atoms with E-state index in [1.807, 2.05) is 31.2 Å². The molecule has 26 heavy (non-hydrogen) atoms. The van der Waals surface area contributed by atoms with Crippen molar-refractivity contribution in [1.29, 1.82) is 5.26 Å². The van der Waals surface area contributed by atoms with Crippen LogP contribution in [0.2, 0.25) is 0 Å². The molecule has 0 saturated heterocycles. The van der Waals surface area contributed by atoms with Crippen LogP contribution in [-0.4, -0.2) is 48.2 Å². The van der Waals surface area contributed by atoms with Crippen molar-refractivity contribution in [3.63, 3.8) is 0 Å². The molecular weight excluding hydrogens is 326 g/mol. The fourth-order valence-electron chi connectivity index (χ4n) is 3.35. The van der Waals surface area contributed by atoms with Crippen molar-refractivity contribution in [3.05, 3.63) is 52.5 Å². The third kappa shape index (κ3) is 4.37. The first-order chi connectivity index (χ1) is 12.7. The zero-order valence-corrected chi connectivity index (χ0v) is 15.5. The first-order valence-corrected chi connectivity index (χ1v) is 9.01. The van der Waals surface area contributed by atoms with E-state index >= 15 is 0 Å². The number of nitrogens with one attached hydrogen (secondary N) is 1. The molecule has 2 heterocycles. The highest BCUT2D eigenvalue weighted by Crippen LogP contribution is 2.22. The molecule has 136 valence electrons. The average Bonchev–Trinajstić information content (AvgIpc) is 2.85. The number of aromatic nitrogens is 2. The van der Waals surface area contributed by atoms with Gasteiger partial charge in [0.2, 0.25) is 0 Å². The van der Waals surface area contributed by atoms with Crippen LogP contribution in [0.15, 0.2) is 24.3 Å². The van der Waals surface area contributed by atoms with Crippen molar-refractivity contribution in [1.82, 2.24) is 14.9 Å². The molecule has 0 spiro atoms. The molecular formula is C20H25N5O. The quantitative estimate of drug-likeness (QED) is 0.805. The van der Waals surface area contributed by atoms with Gasteiger partial charge in [-0.15, -0.1) is 0 Å². The Labute approximate surface area is 154 Å². The maximum atomic E-state index is 9.31. The van der Waals surface area contributed by atoms with Gasteiger partial charge < -0.3 is 10.1 Å². The minimum Gasteiger partial charge on any atom is -0.383 e. The van der Waals surface area contributed by atoms with Crippen LogP contribution in [0.4, 0.5) is 5.82 Å². The number of fused-ring (bicyclic) bond motifs is 1. The van der Waals surface area contributed by atoms with Gasteiger partial charge in [0.25, 0.3) is 0 Å². The Morgan fingerprint density at radius 1 is 1.23 bits per heavy atom. The van der Waals surface area contributed by atoms with Crippen LogP contribution in [0.3, 0.4) is 0 Å². The predicted octanol–water partition coefficient (Wildman–Crippen LogP) is 2.32. The Morgan fingerprint density at radius 3 is 2.85 bits per heavy atom. The smallest absolute Gasteiger partial charge is 0.133 e. The third-order valence-electron chi connectivity index (χ3n) is 4.68. The lowest BCUT2D eigenvalue weighted by molar-refractivity contribution is 0.210. The fraction of sp³-hybridized carbons (Fsp3) is 0.450. The zero-order valence-electron chi connectivity index (χ0n) is 15.5. The molecule has 3 rings (SSSR count). The molecule has 0 unspecified atom stereocenters. The lowest BCUT2D eigenvalue weighted by atomic mass is 10.1. The van der Waals surface area contributed by atoms with E-state index in [1.165, 1.54) is 5.56 Å². The second-order valence-electron chi connectivity index (χ2n) is 6.51. The van der Waals surface area contributed by atoms with E-state index in [0.717, 1.165) is 67.5 Å². The summed E-state index contributed by atoms with van der Waals surface area (Å²) in [4.78, 5) is 11.7. The monoisotopic (exact) mass is 351 g/mol. The molecule has 6 heteroatoms. The Kier molecular flexibility index (Phi) is 6.16. The maximum Gasteiger partial charge on any atom is 0.133 e. The highest BCUT2D eigenvalue weighted by atomic mass is 16.5. The Balaban J connectivity index is 1.74. The molecule has 1 aliphatic heterocycles. The SMILES string of the molecule is COCCNc1nc(C)nc2c1CCN(Cc1ccccc1C#N)CC2. The lowest BCUT2D eigenvalue weighted by Gasteiger charge is -2.20. The summed E-state index contributed by atoms with van der Waals surface area (Å²) in [6, 6.07) is 10.1. The highest BCUT2D eigenvalue weighted by molar-refractivity contribution is 5.47. The fourth-order valence-corrected chi connectivity index (χ4v) is 3.35. The Bertz CT molecular complexity index is 799. The second-order valence-corrected chi connectivity index (χ2v) is 6.51. The van der Waals surface area contributed by atoms with Crippen molar-refractivity contribution in [2.45, 2.75) is 26.3 Å². The molecule has 0 bridgehead atoms. The summed E-state index contributed by atoms with van der Waals surface area (Å²) < 4.78 is 5.13. The van der Waals surface area contributed by atoms with Gasteiger partial charge in [-0.3, -0.25) is 4.90 Å². The Hall–Kier alpha value is -2.49. The van der Waals surface area contributed by atoms with E-state index < -0.39 is 0 Å². The predicted molar refractivity (Wildman–Crippen MR) is 101 cm³/mol. The number of ether oxygens (including phenoxy) is 1. The topological polar surface area (TPSA) is 74.1 Å². The van der Waals surface area contributed by atoms with Crippen molar-refractivity contribution >= 4 is 5.82 Å². The van der Waals surface area contributed by atoms with Gasteiger partial charge in [-0.1, -0.05) is 18.2 Å². The van der Waals surface area contributed by atoms with Crippen molar-refractivity contribution in [2.24, 2.45) is 0 Å². The molecule has 0 radical (unpaired) electrons. The molecule has 6 nitrogen and oxygen atoms in total. The number of methoxy groups -OCH3 is 1. The summed E-state index contributed by atoms with van der Waals surface area (Å²) >= 11 is 0.